The Morgan fingerprint density at radius 3 is 2.20 bits per heavy atom. The van der Waals surface area contributed by atoms with E-state index in [1.54, 1.807) is 19.1 Å². The Morgan fingerprint density at radius 2 is 1.57 bits per heavy atom. The lowest BCUT2D eigenvalue weighted by atomic mass is 9.74. The largest absolute Gasteiger partial charge is 0.373 e. The first-order chi connectivity index (χ1) is 14.6. The van der Waals surface area contributed by atoms with E-state index in [1.807, 2.05) is 0 Å². The molecule has 1 aromatic carbocycles. The summed E-state index contributed by atoms with van der Waals surface area (Å²) in [6.07, 6.45) is 8.32. The van der Waals surface area contributed by atoms with Crippen molar-refractivity contribution >= 4 is 0 Å². The molecule has 2 unspecified atom stereocenters. The van der Waals surface area contributed by atoms with Crippen LogP contribution >= 0.6 is 0 Å². The van der Waals surface area contributed by atoms with Crippen LogP contribution in [0, 0.1) is 36.3 Å². The molecule has 0 amide bonds. The van der Waals surface area contributed by atoms with Crippen molar-refractivity contribution in [3.05, 3.63) is 34.9 Å². The molecule has 30 heavy (non-hydrogen) atoms. The third-order valence-electron chi connectivity index (χ3n) is 7.54. The molecule has 4 rings (SSSR count). The van der Waals surface area contributed by atoms with Gasteiger partial charge >= 0.3 is 0 Å². The van der Waals surface area contributed by atoms with Crippen molar-refractivity contribution in [1.82, 2.24) is 0 Å². The summed E-state index contributed by atoms with van der Waals surface area (Å²) in [5.74, 6) is 0.366. The first kappa shape index (κ1) is 22.2. The van der Waals surface area contributed by atoms with Gasteiger partial charge < -0.3 is 14.2 Å². The summed E-state index contributed by atoms with van der Waals surface area (Å²) < 4.78 is 46.5. The quantitative estimate of drug-likeness (QED) is 0.571. The van der Waals surface area contributed by atoms with Crippen molar-refractivity contribution in [2.24, 2.45) is 17.8 Å². The number of benzene rings is 1. The van der Waals surface area contributed by atoms with E-state index in [9.17, 15) is 8.78 Å². The van der Waals surface area contributed by atoms with Gasteiger partial charge in [-0.3, -0.25) is 0 Å². The van der Waals surface area contributed by atoms with Crippen molar-refractivity contribution < 1.29 is 23.0 Å². The normalized spacial score (nSPS) is 35.3. The van der Waals surface area contributed by atoms with Crippen molar-refractivity contribution in [1.29, 1.82) is 0 Å². The zero-order valence-corrected chi connectivity index (χ0v) is 18.4. The van der Waals surface area contributed by atoms with Gasteiger partial charge in [0.25, 0.3) is 0 Å². The van der Waals surface area contributed by atoms with Crippen LogP contribution in [0.3, 0.4) is 0 Å². The van der Waals surface area contributed by atoms with E-state index in [0.717, 1.165) is 38.7 Å². The minimum Gasteiger partial charge on any atom is -0.373 e. The summed E-state index contributed by atoms with van der Waals surface area (Å²) in [6.45, 7) is 6.09. The molecule has 1 saturated carbocycles. The van der Waals surface area contributed by atoms with E-state index in [0.29, 0.717) is 42.1 Å². The van der Waals surface area contributed by atoms with E-state index in [-0.39, 0.29) is 18.3 Å². The Labute approximate surface area is 179 Å². The van der Waals surface area contributed by atoms with Gasteiger partial charge in [-0.25, -0.2) is 8.78 Å². The summed E-state index contributed by atoms with van der Waals surface area (Å²) in [5, 5.41) is 0. The zero-order valence-electron chi connectivity index (χ0n) is 18.4. The maximum atomic E-state index is 14.4. The molecule has 1 aromatic rings. The summed E-state index contributed by atoms with van der Waals surface area (Å²) in [5.41, 5.74) is 0.919. The van der Waals surface area contributed by atoms with Crippen LogP contribution in [-0.2, 0) is 14.2 Å². The standard InChI is InChI=1S/C25H36F2O3/c1-3-4-17-6-12-22(28-13-17)25-29-14-20(15-30-25)18-7-9-19(10-8-18)21-11-5-16(2)23(26)24(21)27/h5,11,17-20,22,25H,3-4,6-10,12-15H2,1-2H3. The molecular formula is C25H36F2O3. The molecule has 0 N–H and O–H groups in total. The predicted octanol–water partition coefficient (Wildman–Crippen LogP) is 6.13. The van der Waals surface area contributed by atoms with Crippen LogP contribution in [0.5, 0.6) is 0 Å². The van der Waals surface area contributed by atoms with Crippen LogP contribution < -0.4 is 0 Å². The molecule has 1 aliphatic carbocycles. The monoisotopic (exact) mass is 422 g/mol. The van der Waals surface area contributed by atoms with Gasteiger partial charge in [0.2, 0.25) is 0 Å². The Hall–Kier alpha value is -1.04. The maximum Gasteiger partial charge on any atom is 0.183 e. The van der Waals surface area contributed by atoms with E-state index < -0.39 is 11.6 Å². The first-order valence-electron chi connectivity index (χ1n) is 11.9. The molecule has 0 bridgehead atoms. The highest BCUT2D eigenvalue weighted by Crippen LogP contribution is 2.41. The van der Waals surface area contributed by atoms with E-state index >= 15 is 0 Å². The van der Waals surface area contributed by atoms with Gasteiger partial charge in [-0.15, -0.1) is 0 Å². The highest BCUT2D eigenvalue weighted by Gasteiger charge is 2.37. The fourth-order valence-corrected chi connectivity index (χ4v) is 5.57. The summed E-state index contributed by atoms with van der Waals surface area (Å²) in [4.78, 5) is 0. The maximum absolute atomic E-state index is 14.4. The highest BCUT2D eigenvalue weighted by atomic mass is 19.2. The van der Waals surface area contributed by atoms with Gasteiger partial charge in [-0.2, -0.15) is 0 Å². The van der Waals surface area contributed by atoms with Gasteiger partial charge in [0.15, 0.2) is 17.9 Å². The fourth-order valence-electron chi connectivity index (χ4n) is 5.57. The number of hydrogen-bond donors (Lipinski definition) is 0. The van der Waals surface area contributed by atoms with Crippen LogP contribution in [0.4, 0.5) is 8.78 Å². The molecule has 2 heterocycles. The molecule has 0 aromatic heterocycles. The molecule has 2 aliphatic heterocycles. The Bertz CT molecular complexity index is 686. The molecule has 2 saturated heterocycles. The lowest BCUT2D eigenvalue weighted by molar-refractivity contribution is -0.263. The van der Waals surface area contributed by atoms with Crippen LogP contribution in [0.2, 0.25) is 0 Å². The lowest BCUT2D eigenvalue weighted by Crippen LogP contribution is -2.45. The summed E-state index contributed by atoms with van der Waals surface area (Å²) in [7, 11) is 0. The van der Waals surface area contributed by atoms with Crippen LogP contribution in [0.25, 0.3) is 0 Å². The highest BCUT2D eigenvalue weighted by molar-refractivity contribution is 5.28. The second-order valence-corrected chi connectivity index (χ2v) is 9.61. The van der Waals surface area contributed by atoms with Crippen molar-refractivity contribution in [3.63, 3.8) is 0 Å². The summed E-state index contributed by atoms with van der Waals surface area (Å²) in [6, 6.07) is 3.46. The molecule has 2 atom stereocenters. The van der Waals surface area contributed by atoms with Gasteiger partial charge in [0, 0.05) is 5.92 Å². The smallest absolute Gasteiger partial charge is 0.183 e. The van der Waals surface area contributed by atoms with Crippen LogP contribution in [-0.4, -0.2) is 32.2 Å². The fraction of sp³-hybridized carbons (Fsp3) is 0.760. The average Bonchev–Trinajstić information content (AvgIpc) is 2.79. The number of rotatable bonds is 5. The third-order valence-corrected chi connectivity index (χ3v) is 7.54. The van der Waals surface area contributed by atoms with E-state index in [1.165, 1.54) is 19.3 Å². The molecule has 0 radical (unpaired) electrons. The van der Waals surface area contributed by atoms with Crippen LogP contribution in [0.15, 0.2) is 12.1 Å². The van der Waals surface area contributed by atoms with E-state index in [4.69, 9.17) is 14.2 Å². The Morgan fingerprint density at radius 1 is 0.833 bits per heavy atom. The number of aryl methyl sites for hydroxylation is 1. The number of hydrogen-bond acceptors (Lipinski definition) is 3. The van der Waals surface area contributed by atoms with Gasteiger partial charge in [0.1, 0.15) is 6.10 Å². The molecular weight excluding hydrogens is 386 g/mol. The molecule has 0 spiro atoms. The SMILES string of the molecule is CCCC1CCC(C2OCC(C3CCC(c4ccc(C)c(F)c4F)CC3)CO2)OC1. The van der Waals surface area contributed by atoms with E-state index in [2.05, 4.69) is 6.92 Å². The third kappa shape index (κ3) is 4.89. The molecule has 5 heteroatoms. The van der Waals surface area contributed by atoms with Crippen molar-refractivity contribution in [2.75, 3.05) is 19.8 Å². The van der Waals surface area contributed by atoms with Crippen molar-refractivity contribution in [3.8, 4) is 0 Å². The van der Waals surface area contributed by atoms with Gasteiger partial charge in [0.05, 0.1) is 19.8 Å². The second kappa shape index (κ2) is 10.1. The molecule has 3 aliphatic rings. The average molecular weight is 423 g/mol. The number of ether oxygens (including phenoxy) is 3. The molecule has 168 valence electrons. The van der Waals surface area contributed by atoms with Crippen LogP contribution in [0.1, 0.15) is 75.3 Å². The zero-order chi connectivity index (χ0) is 21.1. The predicted molar refractivity (Wildman–Crippen MR) is 112 cm³/mol. The van der Waals surface area contributed by atoms with Crippen molar-refractivity contribution in [2.45, 2.75) is 83.5 Å². The van der Waals surface area contributed by atoms with Gasteiger partial charge in [-0.05, 0) is 80.8 Å². The second-order valence-electron chi connectivity index (χ2n) is 9.61. The Kier molecular flexibility index (Phi) is 7.43. The summed E-state index contributed by atoms with van der Waals surface area (Å²) >= 11 is 0. The lowest BCUT2D eigenvalue weighted by Gasteiger charge is -2.41. The molecule has 3 fully saturated rings. The first-order valence-corrected chi connectivity index (χ1v) is 11.9. The minimum absolute atomic E-state index is 0.0641. The Balaban J connectivity index is 1.23. The molecule has 3 nitrogen and oxygen atoms in total. The topological polar surface area (TPSA) is 27.7 Å². The minimum atomic E-state index is -0.694. The number of halogens is 2. The van der Waals surface area contributed by atoms with Gasteiger partial charge in [-0.1, -0.05) is 25.5 Å².